The Morgan fingerprint density at radius 2 is 2.29 bits per heavy atom. The second kappa shape index (κ2) is 3.80. The Morgan fingerprint density at radius 3 is 3.06 bits per heavy atom. The summed E-state index contributed by atoms with van der Waals surface area (Å²) in [5, 5.41) is 4.04. The van der Waals surface area contributed by atoms with Crippen molar-refractivity contribution in [1.82, 2.24) is 14.8 Å². The maximum absolute atomic E-state index is 12.4. The van der Waals surface area contributed by atoms with Gasteiger partial charge >= 0.3 is 0 Å². The Balaban J connectivity index is 1.98. The van der Waals surface area contributed by atoms with Crippen LogP contribution in [0.3, 0.4) is 0 Å². The first-order valence-corrected chi connectivity index (χ1v) is 5.73. The van der Waals surface area contributed by atoms with E-state index in [9.17, 15) is 4.79 Å². The number of carbonyl (C=O) groups is 1. The number of Topliss-reactive ketones (excluding diaryl/α,β-unsaturated/α-hetero) is 1. The molecule has 1 aliphatic rings. The van der Waals surface area contributed by atoms with E-state index in [2.05, 4.69) is 16.1 Å². The number of nitrogens with zero attached hydrogens (tertiary/aromatic N) is 3. The molecule has 0 spiro atoms. The summed E-state index contributed by atoms with van der Waals surface area (Å²) < 4.78 is 1.63. The third-order valence-corrected chi connectivity index (χ3v) is 3.35. The summed E-state index contributed by atoms with van der Waals surface area (Å²) in [5.41, 5.74) is 2.81. The predicted molar refractivity (Wildman–Crippen MR) is 62.8 cm³/mol. The van der Waals surface area contributed by atoms with Crippen molar-refractivity contribution in [3.05, 3.63) is 47.5 Å². The van der Waals surface area contributed by atoms with Gasteiger partial charge in [-0.3, -0.25) is 14.5 Å². The highest BCUT2D eigenvalue weighted by molar-refractivity contribution is 5.99. The Labute approximate surface area is 99.3 Å². The van der Waals surface area contributed by atoms with Crippen LogP contribution >= 0.6 is 0 Å². The average molecular weight is 227 g/mol. The molecule has 3 rings (SSSR count). The van der Waals surface area contributed by atoms with Crippen LogP contribution < -0.4 is 0 Å². The summed E-state index contributed by atoms with van der Waals surface area (Å²) in [7, 11) is 1.79. The highest BCUT2D eigenvalue weighted by Crippen LogP contribution is 2.33. The number of hydrogen-bond donors (Lipinski definition) is 0. The molecule has 0 aromatic carbocycles. The monoisotopic (exact) mass is 227 g/mol. The van der Waals surface area contributed by atoms with E-state index < -0.39 is 0 Å². The Kier molecular flexibility index (Phi) is 2.28. The van der Waals surface area contributed by atoms with Gasteiger partial charge in [0.1, 0.15) is 5.69 Å². The molecule has 4 heteroatoms. The molecule has 2 aromatic heterocycles. The van der Waals surface area contributed by atoms with Crippen molar-refractivity contribution in [3.8, 4) is 0 Å². The molecule has 4 nitrogen and oxygen atoms in total. The van der Waals surface area contributed by atoms with Crippen molar-refractivity contribution in [1.29, 1.82) is 0 Å². The van der Waals surface area contributed by atoms with E-state index >= 15 is 0 Å². The molecule has 0 amide bonds. The Bertz CT molecular complexity index is 574. The molecule has 1 atom stereocenters. The molecule has 2 aromatic rings. The van der Waals surface area contributed by atoms with Gasteiger partial charge in [0.2, 0.25) is 0 Å². The van der Waals surface area contributed by atoms with Gasteiger partial charge in [0.05, 0.1) is 11.6 Å². The van der Waals surface area contributed by atoms with Crippen molar-refractivity contribution >= 4 is 5.78 Å². The standard InChI is InChI=1S/C13H13N3O/c1-16-11(6-8-15-16)13(17)10-5-4-9-3-2-7-14-12(9)10/h2-3,6-8,10H,4-5H2,1H3. The second-order valence-corrected chi connectivity index (χ2v) is 4.34. The molecule has 2 heterocycles. The molecule has 0 bridgehead atoms. The maximum Gasteiger partial charge on any atom is 0.189 e. The van der Waals surface area contributed by atoms with Gasteiger partial charge < -0.3 is 0 Å². The fraction of sp³-hybridized carbons (Fsp3) is 0.308. The van der Waals surface area contributed by atoms with Crippen molar-refractivity contribution in [2.24, 2.45) is 7.05 Å². The molecule has 0 N–H and O–H groups in total. The van der Waals surface area contributed by atoms with Crippen LogP contribution in [-0.2, 0) is 13.5 Å². The van der Waals surface area contributed by atoms with Crippen LogP contribution in [-0.4, -0.2) is 20.5 Å². The summed E-state index contributed by atoms with van der Waals surface area (Å²) >= 11 is 0. The van der Waals surface area contributed by atoms with Crippen LogP contribution in [0, 0.1) is 0 Å². The number of fused-ring (bicyclic) bond motifs is 1. The first kappa shape index (κ1) is 10.2. The molecule has 1 unspecified atom stereocenters. The number of aryl methyl sites for hydroxylation is 2. The Hall–Kier alpha value is -1.97. The first-order valence-electron chi connectivity index (χ1n) is 5.73. The van der Waals surface area contributed by atoms with E-state index in [0.29, 0.717) is 5.69 Å². The van der Waals surface area contributed by atoms with Crippen LogP contribution in [0.15, 0.2) is 30.6 Å². The fourth-order valence-corrected chi connectivity index (χ4v) is 2.46. The summed E-state index contributed by atoms with van der Waals surface area (Å²) in [4.78, 5) is 16.7. The van der Waals surface area contributed by atoms with Crippen LogP contribution in [0.25, 0.3) is 0 Å². The highest BCUT2D eigenvalue weighted by Gasteiger charge is 2.31. The van der Waals surface area contributed by atoms with Crippen molar-refractivity contribution in [2.45, 2.75) is 18.8 Å². The Morgan fingerprint density at radius 1 is 1.41 bits per heavy atom. The molecule has 17 heavy (non-hydrogen) atoms. The minimum atomic E-state index is -0.0957. The predicted octanol–water partition coefficient (Wildman–Crippen LogP) is 1.73. The van der Waals surface area contributed by atoms with Gasteiger partial charge in [-0.05, 0) is 30.5 Å². The molecular formula is C13H13N3O. The zero-order chi connectivity index (χ0) is 11.8. The van der Waals surface area contributed by atoms with Gasteiger partial charge in [-0.15, -0.1) is 0 Å². The van der Waals surface area contributed by atoms with Gasteiger partial charge in [0.15, 0.2) is 5.78 Å². The molecule has 86 valence electrons. The van der Waals surface area contributed by atoms with E-state index in [1.807, 2.05) is 6.07 Å². The molecule has 1 aliphatic carbocycles. The summed E-state index contributed by atoms with van der Waals surface area (Å²) in [6, 6.07) is 5.75. The van der Waals surface area contributed by atoms with Gasteiger partial charge in [0, 0.05) is 19.4 Å². The minimum Gasteiger partial charge on any atom is -0.292 e. The minimum absolute atomic E-state index is 0.0957. The highest BCUT2D eigenvalue weighted by atomic mass is 16.1. The zero-order valence-electron chi connectivity index (χ0n) is 9.63. The lowest BCUT2D eigenvalue weighted by Crippen LogP contribution is -2.15. The third kappa shape index (κ3) is 1.56. The topological polar surface area (TPSA) is 47.8 Å². The number of carbonyl (C=O) groups excluding carboxylic acids is 1. The SMILES string of the molecule is Cn1nccc1C(=O)C1CCc2cccnc21. The van der Waals surface area contributed by atoms with Crippen LogP contribution in [0.4, 0.5) is 0 Å². The summed E-state index contributed by atoms with van der Waals surface area (Å²) in [6.45, 7) is 0. The lowest BCUT2D eigenvalue weighted by atomic mass is 9.99. The normalized spacial score (nSPS) is 18.1. The van der Waals surface area contributed by atoms with E-state index in [1.165, 1.54) is 5.56 Å². The molecule has 0 fully saturated rings. The van der Waals surface area contributed by atoms with Crippen LogP contribution in [0.1, 0.15) is 34.1 Å². The number of aromatic nitrogens is 3. The average Bonchev–Trinajstić information content (AvgIpc) is 2.94. The van der Waals surface area contributed by atoms with Gasteiger partial charge in [0.25, 0.3) is 0 Å². The van der Waals surface area contributed by atoms with E-state index in [4.69, 9.17) is 0 Å². The number of ketones is 1. The smallest absolute Gasteiger partial charge is 0.189 e. The third-order valence-electron chi connectivity index (χ3n) is 3.35. The largest absolute Gasteiger partial charge is 0.292 e. The molecule has 0 saturated heterocycles. The van der Waals surface area contributed by atoms with Crippen LogP contribution in [0.5, 0.6) is 0 Å². The summed E-state index contributed by atoms with van der Waals surface area (Å²) in [6.07, 6.45) is 5.21. The van der Waals surface area contributed by atoms with E-state index in [-0.39, 0.29) is 11.7 Å². The lowest BCUT2D eigenvalue weighted by Gasteiger charge is -2.09. The molecule has 0 aliphatic heterocycles. The van der Waals surface area contributed by atoms with Gasteiger partial charge in [-0.25, -0.2) is 0 Å². The number of hydrogen-bond acceptors (Lipinski definition) is 3. The first-order chi connectivity index (χ1) is 8.27. The fourth-order valence-electron chi connectivity index (χ4n) is 2.46. The van der Waals surface area contributed by atoms with Crippen LogP contribution in [0.2, 0.25) is 0 Å². The van der Waals surface area contributed by atoms with Gasteiger partial charge in [-0.2, -0.15) is 5.10 Å². The van der Waals surface area contributed by atoms with Crippen molar-refractivity contribution in [3.63, 3.8) is 0 Å². The number of pyridine rings is 1. The summed E-state index contributed by atoms with van der Waals surface area (Å²) in [5.74, 6) is 0.0315. The molecule has 0 saturated carbocycles. The molecule has 0 radical (unpaired) electrons. The van der Waals surface area contributed by atoms with Crippen molar-refractivity contribution < 1.29 is 4.79 Å². The zero-order valence-corrected chi connectivity index (χ0v) is 9.63. The van der Waals surface area contributed by atoms with E-state index in [0.717, 1.165) is 18.5 Å². The number of rotatable bonds is 2. The lowest BCUT2D eigenvalue weighted by molar-refractivity contribution is 0.0949. The van der Waals surface area contributed by atoms with Crippen molar-refractivity contribution in [2.75, 3.05) is 0 Å². The van der Waals surface area contributed by atoms with E-state index in [1.54, 1.807) is 30.2 Å². The molecular weight excluding hydrogens is 214 g/mol. The quantitative estimate of drug-likeness (QED) is 0.734. The second-order valence-electron chi connectivity index (χ2n) is 4.34. The maximum atomic E-state index is 12.4. The van der Waals surface area contributed by atoms with Gasteiger partial charge in [-0.1, -0.05) is 6.07 Å².